The number of carbonyl (C=O) groups excluding carboxylic acids is 3. The molecule has 0 saturated carbocycles. The first kappa shape index (κ1) is 31.8. The topological polar surface area (TPSA) is 72.9 Å². The van der Waals surface area contributed by atoms with Gasteiger partial charge in [-0.1, -0.05) is 76.0 Å². The molecule has 6 nitrogen and oxygen atoms in total. The average Bonchev–Trinajstić information content (AvgIpc) is 2.85. The van der Waals surface area contributed by atoms with Crippen LogP contribution in [-0.2, 0) is 14.3 Å². The molecule has 1 saturated heterocycles. The van der Waals surface area contributed by atoms with E-state index in [4.69, 9.17) is 9.47 Å². The van der Waals surface area contributed by atoms with E-state index in [1.165, 1.54) is 51.4 Å². The molecule has 1 aliphatic heterocycles. The molecule has 0 aliphatic carbocycles. The van der Waals surface area contributed by atoms with Crippen LogP contribution in [-0.4, -0.2) is 46.5 Å². The number of ether oxygens (including phenoxy) is 2. The molecule has 0 N–H and O–H groups in total. The lowest BCUT2D eigenvalue weighted by molar-refractivity contribution is -0.117. The van der Waals surface area contributed by atoms with E-state index in [1.54, 1.807) is 6.92 Å². The van der Waals surface area contributed by atoms with E-state index in [1.807, 2.05) is 62.9 Å². The lowest BCUT2D eigenvalue weighted by atomic mass is 9.89. The molecular formula is C32H51NO5. The summed E-state index contributed by atoms with van der Waals surface area (Å²) in [5.41, 5.74) is 0.0523. The average molecular weight is 530 g/mol. The predicted molar refractivity (Wildman–Crippen MR) is 152 cm³/mol. The van der Waals surface area contributed by atoms with Crippen LogP contribution in [0.4, 0.5) is 4.79 Å². The van der Waals surface area contributed by atoms with Crippen LogP contribution >= 0.6 is 0 Å². The molecular weight excluding hydrogens is 478 g/mol. The number of hydrogen-bond donors (Lipinski definition) is 0. The van der Waals surface area contributed by atoms with Crippen LogP contribution in [0.5, 0.6) is 0 Å². The first-order chi connectivity index (χ1) is 18.1. The lowest BCUT2D eigenvalue weighted by Gasteiger charge is -2.44. The second kappa shape index (κ2) is 16.6. The van der Waals surface area contributed by atoms with Gasteiger partial charge in [0.25, 0.3) is 5.91 Å². The number of ketones is 1. The minimum Gasteiger partial charge on any atom is -0.429 e. The quantitative estimate of drug-likeness (QED) is 0.169. The molecule has 0 spiro atoms. The fourth-order valence-electron chi connectivity index (χ4n) is 5.34. The van der Waals surface area contributed by atoms with Crippen molar-refractivity contribution in [2.45, 2.75) is 148 Å². The number of likely N-dealkylation sites (tertiary alicyclic amines) is 1. The Kier molecular flexibility index (Phi) is 13.9. The van der Waals surface area contributed by atoms with Crippen LogP contribution in [0.1, 0.15) is 135 Å². The summed E-state index contributed by atoms with van der Waals surface area (Å²) in [4.78, 5) is 38.9. The smallest absolute Gasteiger partial charge is 0.429 e. The van der Waals surface area contributed by atoms with Gasteiger partial charge in [-0.3, -0.25) is 4.79 Å². The summed E-state index contributed by atoms with van der Waals surface area (Å²) in [5.74, 6) is 0.304. The molecule has 0 unspecified atom stereocenters. The zero-order valence-electron chi connectivity index (χ0n) is 24.5. The van der Waals surface area contributed by atoms with Crippen LogP contribution in [0.25, 0.3) is 0 Å². The van der Waals surface area contributed by atoms with Crippen molar-refractivity contribution >= 4 is 17.8 Å². The standard InChI is InChI=1S/C32H51NO5/c1-25(34)19-15-12-10-8-6-7-9-11-13-18-22-28-23-24-29(37-31(36)38-32(3,4)5)26(2)33(28)30(35)27-20-16-14-17-21-27/h14,16-17,20-21,26,28-29H,6-13,15,18-19,22-24H2,1-5H3/t26-,28+,29-/m1/s1. The Balaban J connectivity index is 1.80. The van der Waals surface area contributed by atoms with Crippen molar-refractivity contribution in [2.24, 2.45) is 0 Å². The molecule has 1 fully saturated rings. The lowest BCUT2D eigenvalue weighted by Crippen LogP contribution is -2.55. The first-order valence-electron chi connectivity index (χ1n) is 14.9. The van der Waals surface area contributed by atoms with Crippen molar-refractivity contribution in [3.63, 3.8) is 0 Å². The highest BCUT2D eigenvalue weighted by atomic mass is 16.7. The van der Waals surface area contributed by atoms with Crippen LogP contribution in [0, 0.1) is 0 Å². The highest BCUT2D eigenvalue weighted by Crippen LogP contribution is 2.31. The van der Waals surface area contributed by atoms with Crippen molar-refractivity contribution in [2.75, 3.05) is 0 Å². The van der Waals surface area contributed by atoms with E-state index >= 15 is 0 Å². The van der Waals surface area contributed by atoms with Crippen molar-refractivity contribution < 1.29 is 23.9 Å². The minimum atomic E-state index is -0.670. The van der Waals surface area contributed by atoms with E-state index in [-0.39, 0.29) is 24.1 Å². The molecule has 6 heteroatoms. The molecule has 0 aromatic heterocycles. The summed E-state index contributed by atoms with van der Waals surface area (Å²) in [6.45, 7) is 9.11. The third-order valence-corrected chi connectivity index (χ3v) is 7.36. The minimum absolute atomic E-state index is 0.00360. The molecule has 1 heterocycles. The molecule has 214 valence electrons. The van der Waals surface area contributed by atoms with Crippen molar-refractivity contribution in [3.05, 3.63) is 35.9 Å². The monoisotopic (exact) mass is 529 g/mol. The van der Waals surface area contributed by atoms with Crippen LogP contribution < -0.4 is 0 Å². The van der Waals surface area contributed by atoms with Gasteiger partial charge in [0.1, 0.15) is 17.5 Å². The second-order valence-electron chi connectivity index (χ2n) is 11.9. The molecule has 38 heavy (non-hydrogen) atoms. The van der Waals surface area contributed by atoms with Gasteiger partial charge in [-0.05, 0) is 72.4 Å². The predicted octanol–water partition coefficient (Wildman–Crippen LogP) is 8.27. The van der Waals surface area contributed by atoms with Gasteiger partial charge in [0.05, 0.1) is 6.04 Å². The number of carbonyl (C=O) groups is 3. The second-order valence-corrected chi connectivity index (χ2v) is 11.9. The van der Waals surface area contributed by atoms with Gasteiger partial charge in [-0.25, -0.2) is 4.79 Å². The van der Waals surface area contributed by atoms with Crippen molar-refractivity contribution in [3.8, 4) is 0 Å². The maximum absolute atomic E-state index is 13.6. The van der Waals surface area contributed by atoms with Gasteiger partial charge in [0.2, 0.25) is 0 Å². The van der Waals surface area contributed by atoms with Crippen LogP contribution in [0.2, 0.25) is 0 Å². The number of piperidine rings is 1. The van der Waals surface area contributed by atoms with E-state index in [0.29, 0.717) is 11.3 Å². The molecule has 0 bridgehead atoms. The molecule has 0 radical (unpaired) electrons. The highest BCUT2D eigenvalue weighted by Gasteiger charge is 2.40. The summed E-state index contributed by atoms with van der Waals surface area (Å²) in [6, 6.07) is 9.32. The van der Waals surface area contributed by atoms with E-state index in [9.17, 15) is 14.4 Å². The molecule has 1 aliphatic rings. The van der Waals surface area contributed by atoms with Crippen LogP contribution in [0.15, 0.2) is 30.3 Å². The summed E-state index contributed by atoms with van der Waals surface area (Å²) in [7, 11) is 0. The van der Waals surface area contributed by atoms with Gasteiger partial charge >= 0.3 is 6.16 Å². The molecule has 3 atom stereocenters. The fraction of sp³-hybridized carbons (Fsp3) is 0.719. The number of nitrogens with zero attached hydrogens (tertiary/aromatic N) is 1. The van der Waals surface area contributed by atoms with Crippen molar-refractivity contribution in [1.29, 1.82) is 0 Å². The fourth-order valence-corrected chi connectivity index (χ4v) is 5.34. The van der Waals surface area contributed by atoms with Gasteiger partial charge in [-0.15, -0.1) is 0 Å². The molecule has 1 aromatic carbocycles. The Morgan fingerprint density at radius 3 is 1.95 bits per heavy atom. The Labute approximate surface area is 230 Å². The molecule has 1 amide bonds. The summed E-state index contributed by atoms with van der Waals surface area (Å²) in [5, 5.41) is 0. The largest absolute Gasteiger partial charge is 0.509 e. The number of Topliss-reactive ketones (excluding diaryl/α,β-unsaturated/α-hetero) is 1. The highest BCUT2D eigenvalue weighted by molar-refractivity contribution is 5.94. The first-order valence-corrected chi connectivity index (χ1v) is 14.9. The van der Waals surface area contributed by atoms with Gasteiger partial charge in [0, 0.05) is 18.0 Å². The maximum atomic E-state index is 13.6. The van der Waals surface area contributed by atoms with E-state index < -0.39 is 11.8 Å². The number of benzene rings is 1. The summed E-state index contributed by atoms with van der Waals surface area (Å²) in [6.07, 6.45) is 14.2. The normalized spacial score (nSPS) is 19.7. The van der Waals surface area contributed by atoms with E-state index in [0.717, 1.165) is 38.5 Å². The Morgan fingerprint density at radius 1 is 0.842 bits per heavy atom. The number of rotatable bonds is 15. The van der Waals surface area contributed by atoms with Crippen LogP contribution in [0.3, 0.4) is 0 Å². The maximum Gasteiger partial charge on any atom is 0.509 e. The van der Waals surface area contributed by atoms with E-state index in [2.05, 4.69) is 0 Å². The Morgan fingerprint density at radius 2 is 1.39 bits per heavy atom. The van der Waals surface area contributed by atoms with Gasteiger partial charge in [-0.2, -0.15) is 0 Å². The van der Waals surface area contributed by atoms with Gasteiger partial charge in [0.15, 0.2) is 0 Å². The zero-order chi connectivity index (χ0) is 28.0. The summed E-state index contributed by atoms with van der Waals surface area (Å²) >= 11 is 0. The number of unbranched alkanes of at least 4 members (excludes halogenated alkanes) is 9. The third kappa shape index (κ3) is 12.0. The number of hydrogen-bond acceptors (Lipinski definition) is 5. The van der Waals surface area contributed by atoms with Crippen molar-refractivity contribution in [1.82, 2.24) is 4.90 Å². The SMILES string of the molecule is CC(=O)CCCCCCCCCCCC[C@H]1CC[C@@H](OC(=O)OC(C)(C)C)[C@@H](C)N1C(=O)c1ccccc1. The Hall–Kier alpha value is -2.37. The molecule has 1 aromatic rings. The molecule has 2 rings (SSSR count). The Bertz CT molecular complexity index is 847. The summed E-state index contributed by atoms with van der Waals surface area (Å²) < 4.78 is 11.1. The zero-order valence-corrected chi connectivity index (χ0v) is 24.5. The van der Waals surface area contributed by atoms with Gasteiger partial charge < -0.3 is 19.2 Å². The third-order valence-electron chi connectivity index (χ3n) is 7.36. The number of amides is 1.